The quantitative estimate of drug-likeness (QED) is 0.542. The van der Waals surface area contributed by atoms with E-state index in [4.69, 9.17) is 0 Å². The lowest BCUT2D eigenvalue weighted by Gasteiger charge is -2.05. The van der Waals surface area contributed by atoms with Crippen LogP contribution in [0.4, 0.5) is 0 Å². The number of rotatable bonds is 2. The smallest absolute Gasteiger partial charge is 0.289 e. The van der Waals surface area contributed by atoms with E-state index in [0.29, 0.717) is 4.88 Å². The van der Waals surface area contributed by atoms with Crippen LogP contribution in [-0.4, -0.2) is 26.3 Å². The first-order chi connectivity index (χ1) is 12.1. The molecule has 25 heavy (non-hydrogen) atoms. The number of carbonyl (C=O) groups excluding carboxylic acids is 2. The van der Waals surface area contributed by atoms with Gasteiger partial charge in [0, 0.05) is 35.7 Å². The van der Waals surface area contributed by atoms with Crippen LogP contribution in [0.3, 0.4) is 0 Å². The molecule has 124 valence electrons. The highest BCUT2D eigenvalue weighted by atomic mass is 32.1. The van der Waals surface area contributed by atoms with Crippen molar-refractivity contribution in [1.29, 1.82) is 0 Å². The molecule has 3 heterocycles. The van der Waals surface area contributed by atoms with E-state index in [0.717, 1.165) is 21.1 Å². The zero-order chi connectivity index (χ0) is 17.4. The van der Waals surface area contributed by atoms with Crippen LogP contribution in [0.2, 0.25) is 0 Å². The highest BCUT2D eigenvalue weighted by Crippen LogP contribution is 2.34. The van der Waals surface area contributed by atoms with E-state index in [2.05, 4.69) is 25.4 Å². The molecule has 1 aromatic carbocycles. The third kappa shape index (κ3) is 2.62. The third-order valence-corrected chi connectivity index (χ3v) is 5.09. The zero-order valence-corrected chi connectivity index (χ0v) is 14.0. The van der Waals surface area contributed by atoms with Crippen LogP contribution in [-0.2, 0) is 7.05 Å². The molecule has 0 aliphatic carbocycles. The number of nitrogens with one attached hydrogen (secondary N) is 2. The molecule has 0 atom stereocenters. The highest BCUT2D eigenvalue weighted by Gasteiger charge is 2.16. The van der Waals surface area contributed by atoms with Gasteiger partial charge in [-0.05, 0) is 12.1 Å². The number of amides is 2. The van der Waals surface area contributed by atoms with Crippen LogP contribution in [0.5, 0.6) is 0 Å². The van der Waals surface area contributed by atoms with Crippen LogP contribution in [0.1, 0.15) is 20.2 Å². The van der Waals surface area contributed by atoms with E-state index in [1.165, 1.54) is 29.9 Å². The Balaban J connectivity index is 1.56. The SMILES string of the molecule is Cn1c2ccccc2c2cc(C(=O)NNC(=O)c3cnccn3)sc21. The van der Waals surface area contributed by atoms with Gasteiger partial charge in [-0.2, -0.15) is 0 Å². The molecular formula is C17H13N5O2S. The average Bonchev–Trinajstić information content (AvgIpc) is 3.20. The van der Waals surface area contributed by atoms with Gasteiger partial charge in [0.25, 0.3) is 11.8 Å². The molecule has 4 aromatic rings. The van der Waals surface area contributed by atoms with Gasteiger partial charge in [-0.25, -0.2) is 4.98 Å². The zero-order valence-electron chi connectivity index (χ0n) is 13.2. The number of nitrogens with zero attached hydrogens (tertiary/aromatic N) is 3. The maximum absolute atomic E-state index is 12.3. The molecule has 2 N–H and O–H groups in total. The van der Waals surface area contributed by atoms with Gasteiger partial charge in [0.15, 0.2) is 0 Å². The van der Waals surface area contributed by atoms with Gasteiger partial charge in [-0.15, -0.1) is 11.3 Å². The minimum atomic E-state index is -0.520. The van der Waals surface area contributed by atoms with E-state index in [1.54, 1.807) is 0 Å². The molecule has 7 nitrogen and oxygen atoms in total. The van der Waals surface area contributed by atoms with Gasteiger partial charge < -0.3 is 4.57 Å². The molecule has 0 saturated carbocycles. The number of aryl methyl sites for hydroxylation is 1. The Morgan fingerprint density at radius 3 is 2.68 bits per heavy atom. The Bertz CT molecular complexity index is 1100. The molecule has 2 amide bonds. The standard InChI is InChI=1S/C17H13N5O2S/c1-22-13-5-3-2-4-10(13)11-8-14(25-17(11)22)16(24)21-20-15(23)12-9-18-6-7-19-12/h2-9H,1H3,(H,20,23)(H,21,24). The maximum atomic E-state index is 12.3. The van der Waals surface area contributed by atoms with Gasteiger partial charge in [0.2, 0.25) is 0 Å². The van der Waals surface area contributed by atoms with Crippen LogP contribution >= 0.6 is 11.3 Å². The molecule has 3 aromatic heterocycles. The number of para-hydroxylation sites is 1. The van der Waals surface area contributed by atoms with Gasteiger partial charge >= 0.3 is 0 Å². The first-order valence-corrected chi connectivity index (χ1v) is 8.30. The molecule has 0 aliphatic heterocycles. The van der Waals surface area contributed by atoms with Crippen LogP contribution in [0, 0.1) is 0 Å². The Morgan fingerprint density at radius 2 is 1.88 bits per heavy atom. The summed E-state index contributed by atoms with van der Waals surface area (Å²) in [6.45, 7) is 0. The Labute approximate surface area is 146 Å². The van der Waals surface area contributed by atoms with Gasteiger partial charge in [-0.3, -0.25) is 25.4 Å². The number of benzene rings is 1. The summed E-state index contributed by atoms with van der Waals surface area (Å²) in [6, 6.07) is 9.87. The maximum Gasteiger partial charge on any atom is 0.289 e. The summed E-state index contributed by atoms with van der Waals surface area (Å²) in [5.74, 6) is -0.893. The number of carbonyl (C=O) groups is 2. The van der Waals surface area contributed by atoms with Gasteiger partial charge in [-0.1, -0.05) is 18.2 Å². The first kappa shape index (κ1) is 15.3. The van der Waals surface area contributed by atoms with Crippen molar-refractivity contribution >= 4 is 44.3 Å². The molecule has 0 aliphatic rings. The van der Waals surface area contributed by atoms with Crippen molar-refractivity contribution in [3.05, 3.63) is 59.5 Å². The van der Waals surface area contributed by atoms with Crippen LogP contribution in [0.25, 0.3) is 21.1 Å². The minimum absolute atomic E-state index is 0.130. The number of thiophene rings is 1. The average molecular weight is 351 g/mol. The van der Waals surface area contributed by atoms with Crippen molar-refractivity contribution < 1.29 is 9.59 Å². The fraction of sp³-hybridized carbons (Fsp3) is 0.0588. The Morgan fingerprint density at radius 1 is 1.08 bits per heavy atom. The van der Waals surface area contributed by atoms with Crippen molar-refractivity contribution in [3.63, 3.8) is 0 Å². The predicted molar refractivity (Wildman–Crippen MR) is 95.3 cm³/mol. The van der Waals surface area contributed by atoms with Crippen molar-refractivity contribution in [2.75, 3.05) is 0 Å². The van der Waals surface area contributed by atoms with Crippen molar-refractivity contribution in [2.24, 2.45) is 7.05 Å². The van der Waals surface area contributed by atoms with Gasteiger partial charge in [0.05, 0.1) is 11.1 Å². The minimum Gasteiger partial charge on any atom is -0.335 e. The lowest BCUT2D eigenvalue weighted by Crippen LogP contribution is -2.41. The summed E-state index contributed by atoms with van der Waals surface area (Å²) in [5.41, 5.74) is 6.00. The summed E-state index contributed by atoms with van der Waals surface area (Å²) in [7, 11) is 1.97. The highest BCUT2D eigenvalue weighted by molar-refractivity contribution is 7.20. The van der Waals surface area contributed by atoms with E-state index in [1.807, 2.05) is 37.4 Å². The number of hydrogen-bond acceptors (Lipinski definition) is 5. The number of aromatic nitrogens is 3. The predicted octanol–water partition coefficient (Wildman–Crippen LogP) is 2.26. The topological polar surface area (TPSA) is 88.9 Å². The summed E-state index contributed by atoms with van der Waals surface area (Å²) < 4.78 is 2.06. The molecule has 0 unspecified atom stereocenters. The summed E-state index contributed by atoms with van der Waals surface area (Å²) in [4.78, 5) is 33.5. The molecule has 8 heteroatoms. The summed E-state index contributed by atoms with van der Waals surface area (Å²) >= 11 is 1.38. The third-order valence-electron chi connectivity index (χ3n) is 3.88. The fourth-order valence-corrected chi connectivity index (χ4v) is 3.74. The monoisotopic (exact) mass is 351 g/mol. The second kappa shape index (κ2) is 5.99. The van der Waals surface area contributed by atoms with Crippen molar-refractivity contribution in [2.45, 2.75) is 0 Å². The molecule has 0 saturated heterocycles. The molecular weight excluding hydrogens is 338 g/mol. The fourth-order valence-electron chi connectivity index (χ4n) is 2.69. The number of hydrogen-bond donors (Lipinski definition) is 2. The number of hydrazine groups is 1. The molecule has 0 bridgehead atoms. The van der Waals surface area contributed by atoms with Gasteiger partial charge in [0.1, 0.15) is 10.5 Å². The molecule has 4 rings (SSSR count). The normalized spacial score (nSPS) is 10.9. The van der Waals surface area contributed by atoms with E-state index < -0.39 is 5.91 Å². The second-order valence-electron chi connectivity index (χ2n) is 5.40. The van der Waals surface area contributed by atoms with E-state index >= 15 is 0 Å². The number of fused-ring (bicyclic) bond motifs is 3. The van der Waals surface area contributed by atoms with E-state index in [-0.39, 0.29) is 11.6 Å². The lowest BCUT2D eigenvalue weighted by atomic mass is 10.2. The molecule has 0 spiro atoms. The van der Waals surface area contributed by atoms with Crippen LogP contribution in [0.15, 0.2) is 48.9 Å². The first-order valence-electron chi connectivity index (χ1n) is 7.49. The van der Waals surface area contributed by atoms with E-state index in [9.17, 15) is 9.59 Å². The lowest BCUT2D eigenvalue weighted by molar-refractivity contribution is 0.0846. The molecule has 0 fully saturated rings. The summed E-state index contributed by atoms with van der Waals surface area (Å²) in [6.07, 6.45) is 4.21. The van der Waals surface area contributed by atoms with Crippen LogP contribution < -0.4 is 10.9 Å². The van der Waals surface area contributed by atoms with Crippen molar-refractivity contribution in [3.8, 4) is 0 Å². The largest absolute Gasteiger partial charge is 0.335 e. The summed E-state index contributed by atoms with van der Waals surface area (Å²) in [5, 5.41) is 2.12. The Kier molecular flexibility index (Phi) is 3.66. The second-order valence-corrected chi connectivity index (χ2v) is 6.44. The molecule has 0 radical (unpaired) electrons. The van der Waals surface area contributed by atoms with Crippen molar-refractivity contribution in [1.82, 2.24) is 25.4 Å². The Hall–Kier alpha value is -3.26.